The maximum atomic E-state index is 5.93. The van der Waals surface area contributed by atoms with Gasteiger partial charge in [0.2, 0.25) is 0 Å². The van der Waals surface area contributed by atoms with E-state index in [2.05, 4.69) is 28.7 Å². The second-order valence-corrected chi connectivity index (χ2v) is 4.77. The zero-order valence-corrected chi connectivity index (χ0v) is 12.3. The first-order chi connectivity index (χ1) is 9.40. The molecule has 0 bridgehead atoms. The van der Waals surface area contributed by atoms with Crippen molar-refractivity contribution >= 4 is 12.4 Å². The van der Waals surface area contributed by atoms with Crippen molar-refractivity contribution in [2.45, 2.75) is 18.9 Å². The van der Waals surface area contributed by atoms with Crippen LogP contribution in [-0.2, 0) is 11.2 Å². The van der Waals surface area contributed by atoms with Crippen LogP contribution in [0.4, 0.5) is 0 Å². The number of rotatable bonds is 3. The molecule has 20 heavy (non-hydrogen) atoms. The van der Waals surface area contributed by atoms with Gasteiger partial charge in [0.25, 0.3) is 0 Å². The van der Waals surface area contributed by atoms with Crippen LogP contribution < -0.4 is 5.32 Å². The van der Waals surface area contributed by atoms with Crippen molar-refractivity contribution in [2.24, 2.45) is 0 Å². The van der Waals surface area contributed by atoms with Crippen LogP contribution in [0, 0.1) is 0 Å². The first-order valence-electron chi connectivity index (χ1n) is 6.69. The third-order valence-corrected chi connectivity index (χ3v) is 3.54. The molecular weight excluding hydrogens is 276 g/mol. The molecule has 2 heterocycles. The van der Waals surface area contributed by atoms with E-state index in [0.717, 1.165) is 37.3 Å². The van der Waals surface area contributed by atoms with E-state index in [4.69, 9.17) is 9.26 Å². The molecule has 0 aliphatic carbocycles. The lowest BCUT2D eigenvalue weighted by atomic mass is 9.93. The van der Waals surface area contributed by atoms with Crippen molar-refractivity contribution in [1.82, 2.24) is 10.5 Å². The number of halogens is 1. The van der Waals surface area contributed by atoms with Crippen LogP contribution in [0.1, 0.15) is 23.7 Å². The quantitative estimate of drug-likeness (QED) is 0.945. The number of hydrogen-bond donors (Lipinski definition) is 1. The monoisotopic (exact) mass is 294 g/mol. The van der Waals surface area contributed by atoms with Gasteiger partial charge in [-0.1, -0.05) is 23.4 Å². The molecule has 0 fully saturated rings. The molecular formula is C15H19ClN2O2. The summed E-state index contributed by atoms with van der Waals surface area (Å²) in [7, 11) is 1.95. The maximum absolute atomic E-state index is 5.93. The summed E-state index contributed by atoms with van der Waals surface area (Å²) in [6.07, 6.45) is 3.86. The van der Waals surface area contributed by atoms with Gasteiger partial charge in [-0.3, -0.25) is 0 Å². The van der Waals surface area contributed by atoms with Crippen LogP contribution in [0.15, 0.2) is 35.0 Å². The highest BCUT2D eigenvalue weighted by Crippen LogP contribution is 2.33. The molecule has 0 radical (unpaired) electrons. The summed E-state index contributed by atoms with van der Waals surface area (Å²) >= 11 is 0. The second-order valence-electron chi connectivity index (χ2n) is 4.77. The van der Waals surface area contributed by atoms with E-state index in [9.17, 15) is 0 Å². The van der Waals surface area contributed by atoms with Gasteiger partial charge >= 0.3 is 0 Å². The normalized spacial score (nSPS) is 17.9. The van der Waals surface area contributed by atoms with Gasteiger partial charge in [-0.25, -0.2) is 0 Å². The Morgan fingerprint density at radius 3 is 3.00 bits per heavy atom. The molecule has 1 atom stereocenters. The predicted molar refractivity (Wildman–Crippen MR) is 80.1 cm³/mol. The zero-order chi connectivity index (χ0) is 13.1. The minimum absolute atomic E-state index is 0. The number of hydrogen-bond acceptors (Lipinski definition) is 4. The van der Waals surface area contributed by atoms with Gasteiger partial charge in [0.05, 0.1) is 12.3 Å². The minimum atomic E-state index is 0. The van der Waals surface area contributed by atoms with Crippen LogP contribution >= 0.6 is 12.4 Å². The summed E-state index contributed by atoms with van der Waals surface area (Å²) in [5.74, 6) is 0.835. The summed E-state index contributed by atoms with van der Waals surface area (Å²) in [4.78, 5) is 0. The molecule has 0 saturated heterocycles. The lowest BCUT2D eigenvalue weighted by Crippen LogP contribution is -2.19. The molecule has 0 saturated carbocycles. The van der Waals surface area contributed by atoms with Gasteiger partial charge in [0.15, 0.2) is 5.76 Å². The highest BCUT2D eigenvalue weighted by molar-refractivity contribution is 5.85. The molecule has 4 nitrogen and oxygen atoms in total. The lowest BCUT2D eigenvalue weighted by molar-refractivity contribution is 0.0579. The Kier molecular flexibility index (Phi) is 5.17. The number of nitrogens with one attached hydrogen (secondary N) is 1. The average molecular weight is 295 g/mol. The summed E-state index contributed by atoms with van der Waals surface area (Å²) in [6.45, 7) is 1.63. The summed E-state index contributed by atoms with van der Waals surface area (Å²) < 4.78 is 11.2. The van der Waals surface area contributed by atoms with E-state index in [1.165, 1.54) is 11.1 Å². The number of likely N-dealkylation sites (N-methyl/N-ethyl adjacent to an activating group) is 1. The molecule has 2 aromatic rings. The van der Waals surface area contributed by atoms with Crippen molar-refractivity contribution in [3.63, 3.8) is 0 Å². The Labute approximate surface area is 124 Å². The highest BCUT2D eigenvalue weighted by Gasteiger charge is 2.22. The van der Waals surface area contributed by atoms with Crippen molar-refractivity contribution in [3.05, 3.63) is 41.6 Å². The molecule has 3 rings (SSSR count). The van der Waals surface area contributed by atoms with Gasteiger partial charge in [0, 0.05) is 24.8 Å². The maximum Gasteiger partial charge on any atom is 0.167 e. The number of aromatic nitrogens is 1. The Hall–Kier alpha value is -1.36. The first-order valence-corrected chi connectivity index (χ1v) is 6.69. The van der Waals surface area contributed by atoms with Crippen LogP contribution in [0.3, 0.4) is 0 Å². The van der Waals surface area contributed by atoms with Crippen LogP contribution in [0.5, 0.6) is 0 Å². The number of benzene rings is 1. The van der Waals surface area contributed by atoms with E-state index in [0.29, 0.717) is 0 Å². The topological polar surface area (TPSA) is 47.3 Å². The predicted octanol–water partition coefficient (Wildman–Crippen LogP) is 2.99. The smallest absolute Gasteiger partial charge is 0.167 e. The summed E-state index contributed by atoms with van der Waals surface area (Å²) in [5, 5.41) is 7.01. The molecule has 108 valence electrons. The largest absolute Gasteiger partial charge is 0.372 e. The van der Waals surface area contributed by atoms with Crippen LogP contribution in [-0.4, -0.2) is 25.4 Å². The fourth-order valence-electron chi connectivity index (χ4n) is 2.69. The average Bonchev–Trinajstić information content (AvgIpc) is 2.89. The van der Waals surface area contributed by atoms with Gasteiger partial charge in [-0.15, -0.1) is 12.4 Å². The third-order valence-electron chi connectivity index (χ3n) is 3.54. The van der Waals surface area contributed by atoms with Gasteiger partial charge < -0.3 is 14.6 Å². The van der Waals surface area contributed by atoms with Gasteiger partial charge in [0.1, 0.15) is 0 Å². The molecule has 1 N–H and O–H groups in total. The molecule has 5 heteroatoms. The number of fused-ring (bicyclic) bond motifs is 1. The van der Waals surface area contributed by atoms with E-state index < -0.39 is 0 Å². The zero-order valence-electron chi connectivity index (χ0n) is 11.5. The summed E-state index contributed by atoms with van der Waals surface area (Å²) in [6, 6.07) is 8.23. The molecule has 0 spiro atoms. The van der Waals surface area contributed by atoms with Crippen molar-refractivity contribution in [3.8, 4) is 11.3 Å². The van der Waals surface area contributed by atoms with E-state index in [-0.39, 0.29) is 18.5 Å². The van der Waals surface area contributed by atoms with E-state index >= 15 is 0 Å². The molecule has 1 aromatic heterocycles. The molecule has 1 aliphatic rings. The Morgan fingerprint density at radius 2 is 2.25 bits per heavy atom. The van der Waals surface area contributed by atoms with E-state index in [1.807, 2.05) is 13.1 Å². The van der Waals surface area contributed by atoms with E-state index in [1.54, 1.807) is 6.20 Å². The number of ether oxygens (including phenoxy) is 1. The standard InChI is InChI=1S/C15H18N2O2.ClH/c1-16-10-15-13-5-2-4-12(14-7-8-17-19-14)11(13)6-3-9-18-15;/h2,4-5,7-8,15-16H,3,6,9-10H2,1H3;1H/t15-;/m0./s1. The first kappa shape index (κ1) is 15.0. The second kappa shape index (κ2) is 6.88. The summed E-state index contributed by atoms with van der Waals surface area (Å²) in [5.41, 5.74) is 3.74. The SMILES string of the molecule is CNC[C@@H]1OCCCc2c(-c3ccno3)cccc21.Cl. The third kappa shape index (κ3) is 2.87. The minimum Gasteiger partial charge on any atom is -0.372 e. The molecule has 1 aromatic carbocycles. The highest BCUT2D eigenvalue weighted by atomic mass is 35.5. The lowest BCUT2D eigenvalue weighted by Gasteiger charge is -2.18. The Balaban J connectivity index is 0.00000147. The fourth-order valence-corrected chi connectivity index (χ4v) is 2.69. The van der Waals surface area contributed by atoms with Crippen LogP contribution in [0.2, 0.25) is 0 Å². The molecule has 0 amide bonds. The molecule has 1 aliphatic heterocycles. The number of nitrogens with zero attached hydrogens (tertiary/aromatic N) is 1. The fraction of sp³-hybridized carbons (Fsp3) is 0.400. The Morgan fingerprint density at radius 1 is 1.35 bits per heavy atom. The van der Waals surface area contributed by atoms with Gasteiger partial charge in [-0.2, -0.15) is 0 Å². The van der Waals surface area contributed by atoms with Crippen molar-refractivity contribution < 1.29 is 9.26 Å². The molecule has 0 unspecified atom stereocenters. The van der Waals surface area contributed by atoms with Gasteiger partial charge in [-0.05, 0) is 31.0 Å². The van der Waals surface area contributed by atoms with Crippen LogP contribution in [0.25, 0.3) is 11.3 Å². The van der Waals surface area contributed by atoms with Crippen molar-refractivity contribution in [2.75, 3.05) is 20.2 Å². The Bertz CT molecular complexity index is 543. The van der Waals surface area contributed by atoms with Crippen molar-refractivity contribution in [1.29, 1.82) is 0 Å².